The second kappa shape index (κ2) is 4.07. The molecule has 0 spiro atoms. The molecule has 68 valence electrons. The fourth-order valence-corrected chi connectivity index (χ4v) is 0.943. The molecule has 0 saturated heterocycles. The highest BCUT2D eigenvalue weighted by Crippen LogP contribution is 2.14. The van der Waals surface area contributed by atoms with Crippen molar-refractivity contribution in [1.82, 2.24) is 10.2 Å². The Labute approximate surface area is 71.0 Å². The van der Waals surface area contributed by atoms with E-state index in [2.05, 4.69) is 52.0 Å². The van der Waals surface area contributed by atoms with Crippen molar-refractivity contribution in [3.63, 3.8) is 0 Å². The molecule has 0 fully saturated rings. The van der Waals surface area contributed by atoms with Crippen LogP contribution in [0.1, 0.15) is 27.7 Å². The highest BCUT2D eigenvalue weighted by atomic mass is 15.2. The molecule has 0 aliphatic heterocycles. The first-order valence-electron chi connectivity index (χ1n) is 4.33. The lowest BCUT2D eigenvalue weighted by Gasteiger charge is -2.38. The summed E-state index contributed by atoms with van der Waals surface area (Å²) in [6, 6.07) is 0.530. The van der Waals surface area contributed by atoms with E-state index in [1.54, 1.807) is 0 Å². The summed E-state index contributed by atoms with van der Waals surface area (Å²) in [6.45, 7) is 9.91. The number of nitrogens with one attached hydrogen (secondary N) is 1. The summed E-state index contributed by atoms with van der Waals surface area (Å²) in [5.41, 5.74) is 0.232. The van der Waals surface area contributed by atoms with Gasteiger partial charge in [-0.1, -0.05) is 6.92 Å². The maximum absolute atomic E-state index is 3.43. The van der Waals surface area contributed by atoms with Crippen molar-refractivity contribution in [1.29, 1.82) is 0 Å². The van der Waals surface area contributed by atoms with Crippen LogP contribution in [-0.2, 0) is 0 Å². The largest absolute Gasteiger partial charge is 0.313 e. The lowest BCUT2D eigenvalue weighted by molar-refractivity contribution is 0.147. The van der Waals surface area contributed by atoms with E-state index in [0.29, 0.717) is 6.04 Å². The molecular weight excluding hydrogens is 136 g/mol. The van der Waals surface area contributed by atoms with Gasteiger partial charge in [-0.2, -0.15) is 0 Å². The highest BCUT2D eigenvalue weighted by Gasteiger charge is 2.26. The molecule has 1 unspecified atom stereocenters. The lowest BCUT2D eigenvalue weighted by atomic mass is 9.95. The van der Waals surface area contributed by atoms with Crippen molar-refractivity contribution < 1.29 is 0 Å². The summed E-state index contributed by atoms with van der Waals surface area (Å²) in [7, 11) is 4.24. The average molecular weight is 158 g/mol. The van der Waals surface area contributed by atoms with E-state index in [-0.39, 0.29) is 5.54 Å². The van der Waals surface area contributed by atoms with Gasteiger partial charge in [-0.05, 0) is 41.4 Å². The fraction of sp³-hybridized carbons (Fsp3) is 1.00. The van der Waals surface area contributed by atoms with Gasteiger partial charge in [0.1, 0.15) is 0 Å². The molecule has 11 heavy (non-hydrogen) atoms. The van der Waals surface area contributed by atoms with E-state index in [1.807, 2.05) is 0 Å². The van der Waals surface area contributed by atoms with Gasteiger partial charge < -0.3 is 10.2 Å². The maximum atomic E-state index is 3.43. The minimum atomic E-state index is 0.232. The number of hydrogen-bond acceptors (Lipinski definition) is 2. The number of hydrogen-bond donors (Lipinski definition) is 1. The van der Waals surface area contributed by atoms with Gasteiger partial charge in [0.15, 0.2) is 0 Å². The van der Waals surface area contributed by atoms with Crippen molar-refractivity contribution in [3.05, 3.63) is 0 Å². The molecule has 0 aliphatic rings. The summed E-state index contributed by atoms with van der Waals surface area (Å²) in [5, 5.41) is 3.43. The molecule has 2 heteroatoms. The van der Waals surface area contributed by atoms with Crippen molar-refractivity contribution in [2.24, 2.45) is 0 Å². The molecule has 1 N–H and O–H groups in total. The quantitative estimate of drug-likeness (QED) is 0.664. The Morgan fingerprint density at radius 2 is 1.82 bits per heavy atom. The molecule has 0 aromatic rings. The Morgan fingerprint density at radius 3 is 2.09 bits per heavy atom. The monoisotopic (exact) mass is 158 g/mol. The zero-order valence-electron chi connectivity index (χ0n) is 8.73. The molecule has 0 aromatic carbocycles. The highest BCUT2D eigenvalue weighted by molar-refractivity contribution is 4.87. The molecule has 0 rings (SSSR count). The molecular formula is C9H22N2. The summed E-state index contributed by atoms with van der Waals surface area (Å²) < 4.78 is 0. The van der Waals surface area contributed by atoms with Crippen LogP contribution < -0.4 is 5.32 Å². The van der Waals surface area contributed by atoms with Gasteiger partial charge in [0, 0.05) is 11.6 Å². The lowest BCUT2D eigenvalue weighted by Crippen LogP contribution is -2.53. The first-order valence-corrected chi connectivity index (χ1v) is 4.33. The van der Waals surface area contributed by atoms with Crippen LogP contribution in [0, 0.1) is 0 Å². The molecule has 0 aromatic heterocycles. The molecule has 0 bridgehead atoms. The Kier molecular flexibility index (Phi) is 4.04. The van der Waals surface area contributed by atoms with E-state index in [1.165, 1.54) is 0 Å². The smallest absolute Gasteiger partial charge is 0.0297 e. The van der Waals surface area contributed by atoms with E-state index >= 15 is 0 Å². The standard InChI is InChI=1S/C9H22N2/c1-7-10-8(2)9(3,4)11(5)6/h8,10H,7H2,1-6H3. The first kappa shape index (κ1) is 10.9. The zero-order valence-corrected chi connectivity index (χ0v) is 8.73. The van der Waals surface area contributed by atoms with Crippen LogP contribution in [0.5, 0.6) is 0 Å². The second-order valence-corrected chi connectivity index (χ2v) is 3.83. The maximum Gasteiger partial charge on any atom is 0.0297 e. The Balaban J connectivity index is 4.05. The van der Waals surface area contributed by atoms with Crippen LogP contribution in [0.4, 0.5) is 0 Å². The molecule has 0 heterocycles. The van der Waals surface area contributed by atoms with Crippen LogP contribution in [0.15, 0.2) is 0 Å². The number of nitrogens with zero attached hydrogens (tertiary/aromatic N) is 1. The van der Waals surface area contributed by atoms with Crippen LogP contribution >= 0.6 is 0 Å². The molecule has 0 radical (unpaired) electrons. The summed E-state index contributed by atoms with van der Waals surface area (Å²) in [5.74, 6) is 0. The zero-order chi connectivity index (χ0) is 9.07. The molecule has 0 saturated carbocycles. The normalized spacial score (nSPS) is 15.5. The minimum absolute atomic E-state index is 0.232. The Bertz CT molecular complexity index is 108. The average Bonchev–Trinajstić information content (AvgIpc) is 1.88. The van der Waals surface area contributed by atoms with Gasteiger partial charge in [-0.3, -0.25) is 0 Å². The second-order valence-electron chi connectivity index (χ2n) is 3.83. The molecule has 0 aliphatic carbocycles. The first-order chi connectivity index (χ1) is 4.92. The van der Waals surface area contributed by atoms with Crippen molar-refractivity contribution >= 4 is 0 Å². The van der Waals surface area contributed by atoms with Crippen LogP contribution in [0.2, 0.25) is 0 Å². The number of likely N-dealkylation sites (N-methyl/N-ethyl adjacent to an activating group) is 2. The summed E-state index contributed by atoms with van der Waals surface area (Å²) in [6.07, 6.45) is 0. The van der Waals surface area contributed by atoms with Crippen molar-refractivity contribution in [2.45, 2.75) is 39.3 Å². The van der Waals surface area contributed by atoms with Gasteiger partial charge >= 0.3 is 0 Å². The predicted octanol–water partition coefficient (Wildman–Crippen LogP) is 1.32. The third-order valence-electron chi connectivity index (χ3n) is 2.72. The van der Waals surface area contributed by atoms with Crippen LogP contribution in [0.3, 0.4) is 0 Å². The van der Waals surface area contributed by atoms with E-state index < -0.39 is 0 Å². The molecule has 1 atom stereocenters. The van der Waals surface area contributed by atoms with Crippen molar-refractivity contribution in [2.75, 3.05) is 20.6 Å². The Hall–Kier alpha value is -0.0800. The van der Waals surface area contributed by atoms with Crippen LogP contribution in [0.25, 0.3) is 0 Å². The minimum Gasteiger partial charge on any atom is -0.313 e. The third kappa shape index (κ3) is 2.80. The van der Waals surface area contributed by atoms with Gasteiger partial charge in [0.2, 0.25) is 0 Å². The van der Waals surface area contributed by atoms with Gasteiger partial charge in [-0.15, -0.1) is 0 Å². The topological polar surface area (TPSA) is 15.3 Å². The van der Waals surface area contributed by atoms with Gasteiger partial charge in [0.25, 0.3) is 0 Å². The van der Waals surface area contributed by atoms with E-state index in [9.17, 15) is 0 Å². The predicted molar refractivity (Wildman–Crippen MR) is 50.9 cm³/mol. The van der Waals surface area contributed by atoms with E-state index in [4.69, 9.17) is 0 Å². The summed E-state index contributed by atoms with van der Waals surface area (Å²) in [4.78, 5) is 2.25. The number of rotatable bonds is 4. The molecule has 0 amide bonds. The third-order valence-corrected chi connectivity index (χ3v) is 2.72. The fourth-order valence-electron chi connectivity index (χ4n) is 0.943. The van der Waals surface area contributed by atoms with Crippen LogP contribution in [-0.4, -0.2) is 37.1 Å². The van der Waals surface area contributed by atoms with Gasteiger partial charge in [0.05, 0.1) is 0 Å². The SMILES string of the molecule is CCNC(C)C(C)(C)N(C)C. The van der Waals surface area contributed by atoms with Crippen molar-refractivity contribution in [3.8, 4) is 0 Å². The summed E-state index contributed by atoms with van der Waals surface area (Å²) >= 11 is 0. The van der Waals surface area contributed by atoms with E-state index in [0.717, 1.165) is 6.54 Å². The van der Waals surface area contributed by atoms with Gasteiger partial charge in [-0.25, -0.2) is 0 Å². The molecule has 2 nitrogen and oxygen atoms in total. The Morgan fingerprint density at radius 1 is 1.36 bits per heavy atom.